The van der Waals surface area contributed by atoms with E-state index in [9.17, 15) is 0 Å². The second-order valence-corrected chi connectivity index (χ2v) is 5.79. The summed E-state index contributed by atoms with van der Waals surface area (Å²) in [5.74, 6) is 0. The van der Waals surface area contributed by atoms with Gasteiger partial charge in [-0.15, -0.1) is 0 Å². The first kappa shape index (κ1) is 15.5. The lowest BCUT2D eigenvalue weighted by molar-refractivity contribution is 0.338. The second-order valence-electron chi connectivity index (χ2n) is 5.79. The molecule has 82 valence electrons. The van der Waals surface area contributed by atoms with Gasteiger partial charge in [0.15, 0.2) is 0 Å². The van der Waals surface area contributed by atoms with Gasteiger partial charge >= 0.3 is 0 Å². The van der Waals surface area contributed by atoms with Gasteiger partial charge in [-0.05, 0) is 10.8 Å². The molecule has 0 atom stereocenters. The number of hydrogen-bond acceptors (Lipinski definition) is 0. The van der Waals surface area contributed by atoms with Gasteiger partial charge in [0.05, 0.1) is 0 Å². The number of hydrogen-bond donors (Lipinski definition) is 0. The Morgan fingerprint density at radius 2 is 0.846 bits per heavy atom. The normalized spacial score (nSPS) is 12.0. The van der Waals surface area contributed by atoms with Gasteiger partial charge in [-0.1, -0.05) is 74.7 Å². The van der Waals surface area contributed by atoms with Gasteiger partial charge in [0.1, 0.15) is 0 Å². The molecule has 0 amide bonds. The molecular formula is C13H30. The summed E-state index contributed by atoms with van der Waals surface area (Å²) in [5, 5.41) is 0. The van der Waals surface area contributed by atoms with E-state index < -0.39 is 0 Å². The molecule has 0 spiro atoms. The molecule has 0 saturated heterocycles. The molecule has 0 rings (SSSR count). The second kappa shape index (κ2) is 6.45. The van der Waals surface area contributed by atoms with Crippen molar-refractivity contribution in [3.8, 4) is 0 Å². The molecular weight excluding hydrogens is 156 g/mol. The molecule has 0 heteroatoms. The van der Waals surface area contributed by atoms with Crippen LogP contribution in [0.1, 0.15) is 74.7 Å². The van der Waals surface area contributed by atoms with Gasteiger partial charge in [-0.2, -0.15) is 0 Å². The van der Waals surface area contributed by atoms with Crippen molar-refractivity contribution in [3.63, 3.8) is 0 Å². The molecule has 0 aromatic carbocycles. The molecule has 0 aliphatic rings. The average molecular weight is 186 g/mol. The highest BCUT2D eigenvalue weighted by Gasteiger charge is 2.09. The fourth-order valence-electron chi connectivity index (χ4n) is 0.250. The van der Waals surface area contributed by atoms with Gasteiger partial charge in [0, 0.05) is 0 Å². The SMILES string of the molecule is CCC(C)(C)C.CCC(C)(C)CC. The van der Waals surface area contributed by atoms with E-state index >= 15 is 0 Å². The monoisotopic (exact) mass is 186 g/mol. The first-order valence-corrected chi connectivity index (χ1v) is 5.68. The van der Waals surface area contributed by atoms with Crippen LogP contribution in [-0.2, 0) is 0 Å². The molecule has 0 aliphatic carbocycles. The van der Waals surface area contributed by atoms with E-state index in [-0.39, 0.29) is 0 Å². The minimum absolute atomic E-state index is 0.542. The maximum absolute atomic E-state index is 2.30. The molecule has 0 aliphatic heterocycles. The van der Waals surface area contributed by atoms with Crippen LogP contribution in [0, 0.1) is 10.8 Å². The van der Waals surface area contributed by atoms with Gasteiger partial charge in [-0.25, -0.2) is 0 Å². The highest BCUT2D eigenvalue weighted by molar-refractivity contribution is 4.61. The van der Waals surface area contributed by atoms with E-state index in [1.165, 1.54) is 19.3 Å². The van der Waals surface area contributed by atoms with Crippen LogP contribution in [0.4, 0.5) is 0 Å². The first-order chi connectivity index (χ1) is 5.68. The van der Waals surface area contributed by atoms with Crippen molar-refractivity contribution in [2.45, 2.75) is 74.7 Å². The summed E-state index contributed by atoms with van der Waals surface area (Å²) >= 11 is 0. The van der Waals surface area contributed by atoms with E-state index in [0.717, 1.165) is 0 Å². The minimum Gasteiger partial charge on any atom is -0.0649 e. The Morgan fingerprint density at radius 1 is 0.615 bits per heavy atom. The van der Waals surface area contributed by atoms with Gasteiger partial charge < -0.3 is 0 Å². The van der Waals surface area contributed by atoms with Gasteiger partial charge in [-0.3, -0.25) is 0 Å². The summed E-state index contributed by atoms with van der Waals surface area (Å²) in [6, 6.07) is 0. The Labute approximate surface area is 86.1 Å². The van der Waals surface area contributed by atoms with E-state index in [4.69, 9.17) is 0 Å². The van der Waals surface area contributed by atoms with Crippen molar-refractivity contribution in [1.82, 2.24) is 0 Å². The predicted molar refractivity (Wildman–Crippen MR) is 64.1 cm³/mol. The van der Waals surface area contributed by atoms with E-state index in [1.54, 1.807) is 0 Å². The average Bonchev–Trinajstić information content (AvgIpc) is 2.04. The van der Waals surface area contributed by atoms with Crippen LogP contribution in [0.25, 0.3) is 0 Å². The minimum atomic E-state index is 0.542. The van der Waals surface area contributed by atoms with Crippen LogP contribution in [0.15, 0.2) is 0 Å². The summed E-state index contributed by atoms with van der Waals surface area (Å²) in [6.45, 7) is 18.0. The Morgan fingerprint density at radius 3 is 0.846 bits per heavy atom. The largest absolute Gasteiger partial charge is 0.0649 e. The molecule has 0 unspecified atom stereocenters. The molecule has 0 radical (unpaired) electrons. The molecule has 0 N–H and O–H groups in total. The summed E-state index contributed by atoms with van der Waals surface area (Å²) in [6.07, 6.45) is 3.86. The molecule has 13 heavy (non-hydrogen) atoms. The zero-order valence-electron chi connectivity index (χ0n) is 11.1. The van der Waals surface area contributed by atoms with Crippen LogP contribution in [0.5, 0.6) is 0 Å². The lowest BCUT2D eigenvalue weighted by Crippen LogP contribution is -2.05. The highest BCUT2D eigenvalue weighted by Crippen LogP contribution is 2.22. The predicted octanol–water partition coefficient (Wildman–Crippen LogP) is 5.28. The van der Waals surface area contributed by atoms with E-state index in [0.29, 0.717) is 10.8 Å². The Hall–Kier alpha value is 0. The molecule has 0 nitrogen and oxygen atoms in total. The van der Waals surface area contributed by atoms with Crippen molar-refractivity contribution < 1.29 is 0 Å². The summed E-state index contributed by atoms with van der Waals surface area (Å²) in [7, 11) is 0. The topological polar surface area (TPSA) is 0 Å². The van der Waals surface area contributed by atoms with Crippen molar-refractivity contribution in [2.75, 3.05) is 0 Å². The van der Waals surface area contributed by atoms with Crippen molar-refractivity contribution in [3.05, 3.63) is 0 Å². The first-order valence-electron chi connectivity index (χ1n) is 5.68. The van der Waals surface area contributed by atoms with Crippen LogP contribution in [0.3, 0.4) is 0 Å². The third-order valence-corrected chi connectivity index (χ3v) is 2.97. The van der Waals surface area contributed by atoms with E-state index in [1.807, 2.05) is 0 Å². The van der Waals surface area contributed by atoms with Gasteiger partial charge in [0.25, 0.3) is 0 Å². The van der Waals surface area contributed by atoms with Gasteiger partial charge in [0.2, 0.25) is 0 Å². The number of rotatable bonds is 2. The molecule has 0 heterocycles. The maximum atomic E-state index is 2.30. The smallest absolute Gasteiger partial charge is 0.0359 e. The Balaban J connectivity index is 0. The van der Waals surface area contributed by atoms with Crippen molar-refractivity contribution in [2.24, 2.45) is 10.8 Å². The molecule has 0 saturated carbocycles. The lowest BCUT2D eigenvalue weighted by atomic mass is 9.88. The standard InChI is InChI=1S/C7H16.C6H14/c1-5-7(3,4)6-2;1-5-6(2,3)4/h5-6H2,1-4H3;5H2,1-4H3. The van der Waals surface area contributed by atoms with Crippen molar-refractivity contribution >= 4 is 0 Å². The fourth-order valence-corrected chi connectivity index (χ4v) is 0.250. The van der Waals surface area contributed by atoms with Crippen LogP contribution in [-0.4, -0.2) is 0 Å². The molecule has 0 aromatic heterocycles. The highest BCUT2D eigenvalue weighted by atomic mass is 14.2. The summed E-state index contributed by atoms with van der Waals surface area (Å²) < 4.78 is 0. The van der Waals surface area contributed by atoms with Crippen LogP contribution < -0.4 is 0 Å². The fraction of sp³-hybridized carbons (Fsp3) is 1.00. The third-order valence-electron chi connectivity index (χ3n) is 2.97. The third kappa shape index (κ3) is 14.8. The zero-order chi connectivity index (χ0) is 11.1. The zero-order valence-corrected chi connectivity index (χ0v) is 11.1. The van der Waals surface area contributed by atoms with Crippen LogP contribution >= 0.6 is 0 Å². The van der Waals surface area contributed by atoms with E-state index in [2.05, 4.69) is 55.4 Å². The van der Waals surface area contributed by atoms with Crippen LogP contribution in [0.2, 0.25) is 0 Å². The summed E-state index contributed by atoms with van der Waals surface area (Å²) in [4.78, 5) is 0. The molecule has 0 aromatic rings. The Kier molecular flexibility index (Phi) is 7.68. The summed E-state index contributed by atoms with van der Waals surface area (Å²) in [5.41, 5.74) is 1.12. The quantitative estimate of drug-likeness (QED) is 0.551. The molecule has 0 bridgehead atoms. The Bertz CT molecular complexity index is 97.7. The molecule has 0 fully saturated rings. The van der Waals surface area contributed by atoms with Crippen molar-refractivity contribution in [1.29, 1.82) is 0 Å². The maximum Gasteiger partial charge on any atom is -0.0359 e. The lowest BCUT2D eigenvalue weighted by Gasteiger charge is -2.18.